The molecular formula is C42H37N3. The van der Waals surface area contributed by atoms with Crippen molar-refractivity contribution in [3.05, 3.63) is 198 Å². The van der Waals surface area contributed by atoms with Gasteiger partial charge in [0.25, 0.3) is 0 Å². The van der Waals surface area contributed by atoms with E-state index in [1.165, 1.54) is 27.9 Å². The van der Waals surface area contributed by atoms with Crippen LogP contribution in [0.25, 0.3) is 5.57 Å². The Morgan fingerprint density at radius 2 is 1.07 bits per heavy atom. The van der Waals surface area contributed by atoms with Crippen molar-refractivity contribution in [3.63, 3.8) is 0 Å². The Morgan fingerprint density at radius 3 is 1.58 bits per heavy atom. The molecule has 6 rings (SSSR count). The molecule has 0 aliphatic carbocycles. The van der Waals surface area contributed by atoms with Gasteiger partial charge < -0.3 is 4.90 Å². The fourth-order valence-corrected chi connectivity index (χ4v) is 5.56. The average molecular weight is 584 g/mol. The van der Waals surface area contributed by atoms with Gasteiger partial charge in [-0.3, -0.25) is 0 Å². The van der Waals surface area contributed by atoms with E-state index in [1.807, 2.05) is 47.6 Å². The van der Waals surface area contributed by atoms with Gasteiger partial charge in [0.2, 0.25) is 0 Å². The first-order valence-corrected chi connectivity index (χ1v) is 15.5. The molecule has 0 N–H and O–H groups in total. The average Bonchev–Trinajstić information content (AvgIpc) is 3.11. The molecule has 3 nitrogen and oxygen atoms in total. The summed E-state index contributed by atoms with van der Waals surface area (Å²) in [5.41, 5.74) is 11.4. The summed E-state index contributed by atoms with van der Waals surface area (Å²) in [4.78, 5) is 2.35. The van der Waals surface area contributed by atoms with Crippen LogP contribution in [0.2, 0.25) is 0 Å². The van der Waals surface area contributed by atoms with Gasteiger partial charge in [-0.1, -0.05) is 134 Å². The third kappa shape index (κ3) is 6.95. The van der Waals surface area contributed by atoms with Crippen LogP contribution in [0, 0.1) is 6.92 Å². The van der Waals surface area contributed by atoms with E-state index in [4.69, 9.17) is 5.10 Å². The number of hydrogen-bond donors (Lipinski definition) is 0. The minimum Gasteiger partial charge on any atom is -0.316 e. The summed E-state index contributed by atoms with van der Waals surface area (Å²) >= 11 is 0. The summed E-state index contributed by atoms with van der Waals surface area (Å²) in [7, 11) is 0. The van der Waals surface area contributed by atoms with Gasteiger partial charge in [-0.15, -0.1) is 0 Å². The van der Waals surface area contributed by atoms with Gasteiger partial charge in [-0.25, -0.2) is 5.01 Å². The van der Waals surface area contributed by atoms with E-state index in [0.717, 1.165) is 34.6 Å². The summed E-state index contributed by atoms with van der Waals surface area (Å²) in [5, 5.41) is 6.89. The number of rotatable bonds is 10. The second-order valence-electron chi connectivity index (χ2n) is 10.9. The van der Waals surface area contributed by atoms with Crippen molar-refractivity contribution in [2.75, 3.05) is 9.91 Å². The lowest BCUT2D eigenvalue weighted by atomic mass is 9.97. The number of nitrogens with zero attached hydrogens (tertiary/aromatic N) is 3. The molecule has 0 saturated carbocycles. The number of hydrazone groups is 1. The maximum absolute atomic E-state index is 4.92. The van der Waals surface area contributed by atoms with Crippen LogP contribution in [-0.2, 0) is 6.42 Å². The van der Waals surface area contributed by atoms with Crippen molar-refractivity contribution in [1.82, 2.24) is 0 Å². The van der Waals surface area contributed by atoms with E-state index in [2.05, 4.69) is 152 Å². The molecule has 0 amide bonds. The van der Waals surface area contributed by atoms with Crippen LogP contribution >= 0.6 is 0 Å². The third-order valence-electron chi connectivity index (χ3n) is 7.87. The van der Waals surface area contributed by atoms with Crippen molar-refractivity contribution < 1.29 is 0 Å². The van der Waals surface area contributed by atoms with E-state index in [-0.39, 0.29) is 0 Å². The predicted octanol–water partition coefficient (Wildman–Crippen LogP) is 11.0. The molecule has 0 atom stereocenters. The Kier molecular flexibility index (Phi) is 9.28. The van der Waals surface area contributed by atoms with Gasteiger partial charge in [0.1, 0.15) is 0 Å². The molecule has 6 aromatic carbocycles. The Bertz CT molecular complexity index is 1780. The van der Waals surface area contributed by atoms with E-state index < -0.39 is 0 Å². The molecule has 45 heavy (non-hydrogen) atoms. The molecule has 0 unspecified atom stereocenters. The largest absolute Gasteiger partial charge is 0.316 e. The molecular weight excluding hydrogens is 546 g/mol. The first kappa shape index (κ1) is 29.4. The lowest BCUT2D eigenvalue weighted by Gasteiger charge is -2.27. The molecule has 0 fully saturated rings. The van der Waals surface area contributed by atoms with Crippen LogP contribution in [0.1, 0.15) is 34.7 Å². The van der Waals surface area contributed by atoms with Crippen LogP contribution in [-0.4, -0.2) is 6.21 Å². The standard InChI is InChI=1S/C42H37N3/c1-3-35-22-16-17-33(2)42(35)44(32-41(36-18-8-4-9-19-36)37-20-10-5-11-21-37)38-29-27-34(28-30-38)31-43-45(39-23-12-6-13-24-39)40-25-14-7-15-26-40/h4-32H,3H2,1-2H3/b43-31+. The van der Waals surface area contributed by atoms with Crippen LogP contribution in [0.4, 0.5) is 22.7 Å². The first-order chi connectivity index (χ1) is 22.2. The third-order valence-corrected chi connectivity index (χ3v) is 7.87. The molecule has 0 aliphatic rings. The van der Waals surface area contributed by atoms with Crippen molar-refractivity contribution in [2.24, 2.45) is 5.10 Å². The van der Waals surface area contributed by atoms with Crippen LogP contribution in [0.3, 0.4) is 0 Å². The molecule has 6 aromatic rings. The van der Waals surface area contributed by atoms with E-state index >= 15 is 0 Å². The van der Waals surface area contributed by atoms with Crippen LogP contribution in [0.15, 0.2) is 175 Å². The fraction of sp³-hybridized carbons (Fsp3) is 0.0714. The lowest BCUT2D eigenvalue weighted by molar-refractivity contribution is 1.09. The van der Waals surface area contributed by atoms with Crippen molar-refractivity contribution in [3.8, 4) is 0 Å². The first-order valence-electron chi connectivity index (χ1n) is 15.5. The lowest BCUT2D eigenvalue weighted by Crippen LogP contribution is -2.14. The highest BCUT2D eigenvalue weighted by Gasteiger charge is 2.17. The van der Waals surface area contributed by atoms with Crippen molar-refractivity contribution in [2.45, 2.75) is 20.3 Å². The quantitative estimate of drug-likeness (QED) is 0.118. The van der Waals surface area contributed by atoms with Crippen LogP contribution < -0.4 is 9.91 Å². The summed E-state index contributed by atoms with van der Waals surface area (Å²) < 4.78 is 0. The molecule has 0 bridgehead atoms. The van der Waals surface area contributed by atoms with Crippen molar-refractivity contribution >= 4 is 34.5 Å². The number of benzene rings is 6. The normalized spacial score (nSPS) is 10.9. The minimum atomic E-state index is 0.937. The molecule has 0 saturated heterocycles. The van der Waals surface area contributed by atoms with Crippen molar-refractivity contribution in [1.29, 1.82) is 0 Å². The van der Waals surface area contributed by atoms with E-state index in [0.29, 0.717) is 0 Å². The number of anilines is 4. The highest BCUT2D eigenvalue weighted by atomic mass is 15.5. The molecule has 220 valence electrons. The van der Waals surface area contributed by atoms with Crippen LogP contribution in [0.5, 0.6) is 0 Å². The fourth-order valence-electron chi connectivity index (χ4n) is 5.56. The monoisotopic (exact) mass is 583 g/mol. The SMILES string of the molecule is CCc1cccc(C)c1N(C=C(c1ccccc1)c1ccccc1)c1ccc(/C=N/N(c2ccccc2)c2ccccc2)cc1. The summed E-state index contributed by atoms with van der Waals surface area (Å²) in [5.74, 6) is 0. The molecule has 0 radical (unpaired) electrons. The number of para-hydroxylation sites is 3. The van der Waals surface area contributed by atoms with Gasteiger partial charge in [-0.2, -0.15) is 5.10 Å². The highest BCUT2D eigenvalue weighted by Crippen LogP contribution is 2.36. The van der Waals surface area contributed by atoms with Gasteiger partial charge >= 0.3 is 0 Å². The predicted molar refractivity (Wildman–Crippen MR) is 192 cm³/mol. The zero-order chi connectivity index (χ0) is 30.8. The summed E-state index contributed by atoms with van der Waals surface area (Å²) in [6.07, 6.45) is 5.16. The Hall–Kier alpha value is -5.67. The smallest absolute Gasteiger partial charge is 0.0652 e. The zero-order valence-electron chi connectivity index (χ0n) is 25.8. The van der Waals surface area contributed by atoms with Gasteiger partial charge in [-0.05, 0) is 77.6 Å². The van der Waals surface area contributed by atoms with E-state index in [1.54, 1.807) is 0 Å². The number of hydrogen-bond acceptors (Lipinski definition) is 3. The molecule has 3 heteroatoms. The second kappa shape index (κ2) is 14.2. The Balaban J connectivity index is 1.42. The maximum atomic E-state index is 4.92. The summed E-state index contributed by atoms with van der Waals surface area (Å²) in [6.45, 7) is 4.42. The Labute approximate surface area is 267 Å². The van der Waals surface area contributed by atoms with Gasteiger partial charge in [0.05, 0.1) is 23.3 Å². The minimum absolute atomic E-state index is 0.937. The topological polar surface area (TPSA) is 18.8 Å². The highest BCUT2D eigenvalue weighted by molar-refractivity contribution is 5.87. The van der Waals surface area contributed by atoms with Gasteiger partial charge in [0.15, 0.2) is 0 Å². The molecule has 0 aromatic heterocycles. The molecule has 0 aliphatic heterocycles. The van der Waals surface area contributed by atoms with Gasteiger partial charge in [0, 0.05) is 17.5 Å². The zero-order valence-corrected chi connectivity index (χ0v) is 25.8. The number of aryl methyl sites for hydroxylation is 2. The van der Waals surface area contributed by atoms with E-state index in [9.17, 15) is 0 Å². The summed E-state index contributed by atoms with van der Waals surface area (Å²) in [6, 6.07) is 57.0. The maximum Gasteiger partial charge on any atom is 0.0652 e. The Morgan fingerprint density at radius 1 is 0.556 bits per heavy atom. The second-order valence-corrected chi connectivity index (χ2v) is 10.9. The molecule has 0 spiro atoms. The molecule has 0 heterocycles.